The molecule has 1 aliphatic heterocycles. The molecule has 0 unspecified atom stereocenters. The second-order valence-corrected chi connectivity index (χ2v) is 8.58. The van der Waals surface area contributed by atoms with E-state index in [1.165, 1.54) is 11.1 Å². The Morgan fingerprint density at radius 2 is 1.48 bits per heavy atom. The minimum atomic E-state index is 0.183. The van der Waals surface area contributed by atoms with Crippen molar-refractivity contribution in [2.75, 3.05) is 13.1 Å². The molecule has 25 heavy (non-hydrogen) atoms. The Morgan fingerprint density at radius 1 is 0.960 bits per heavy atom. The topological polar surface area (TPSA) is 58.5 Å². The molecule has 0 amide bonds. The summed E-state index contributed by atoms with van der Waals surface area (Å²) in [6, 6.07) is 4.39. The predicted octanol–water partition coefficient (Wildman–Crippen LogP) is 4.63. The van der Waals surface area contributed by atoms with Gasteiger partial charge in [-0.3, -0.25) is 15.0 Å². The smallest absolute Gasteiger partial charge is 0.0529 e. The second kappa shape index (κ2) is 7.11. The van der Waals surface area contributed by atoms with Gasteiger partial charge >= 0.3 is 0 Å². The fourth-order valence-corrected chi connectivity index (χ4v) is 4.85. The number of nitroso groups, excluding NO2 is 1. The lowest BCUT2D eigenvalue weighted by molar-refractivity contribution is 0.177. The monoisotopic (exact) mass is 464 g/mol. The number of hydrogen-bond acceptors (Lipinski definition) is 4. The van der Waals surface area contributed by atoms with Crippen LogP contribution < -0.4 is 0 Å². The fraction of sp³-hybridized carbons (Fsp3) is 0.444. The van der Waals surface area contributed by atoms with Crippen molar-refractivity contribution >= 4 is 31.9 Å². The van der Waals surface area contributed by atoms with Crippen LogP contribution in [0, 0.1) is 10.8 Å². The molecule has 0 saturated carbocycles. The van der Waals surface area contributed by atoms with Gasteiger partial charge in [0.15, 0.2) is 0 Å². The third-order valence-corrected chi connectivity index (χ3v) is 6.16. The number of aromatic nitrogens is 2. The van der Waals surface area contributed by atoms with Crippen molar-refractivity contribution in [1.82, 2.24) is 15.0 Å². The van der Waals surface area contributed by atoms with Crippen LogP contribution >= 0.6 is 31.9 Å². The highest BCUT2D eigenvalue weighted by molar-refractivity contribution is 9.10. The number of aryl methyl sites for hydroxylation is 2. The average molecular weight is 466 g/mol. The van der Waals surface area contributed by atoms with Crippen LogP contribution in [0.5, 0.6) is 0 Å². The largest absolute Gasteiger partial charge is 0.261 e. The van der Waals surface area contributed by atoms with Crippen molar-refractivity contribution in [3.63, 3.8) is 0 Å². The number of pyridine rings is 2. The van der Waals surface area contributed by atoms with Crippen molar-refractivity contribution in [1.29, 1.82) is 0 Å². The van der Waals surface area contributed by atoms with Crippen LogP contribution in [0.3, 0.4) is 0 Å². The van der Waals surface area contributed by atoms with E-state index in [1.54, 1.807) is 5.01 Å². The number of rotatable bonds is 2. The highest BCUT2D eigenvalue weighted by Crippen LogP contribution is 2.42. The third kappa shape index (κ3) is 3.36. The summed E-state index contributed by atoms with van der Waals surface area (Å²) in [5, 5.41) is 4.72. The van der Waals surface area contributed by atoms with Crippen LogP contribution in [0.15, 0.2) is 38.8 Å². The Balaban J connectivity index is 1.79. The lowest BCUT2D eigenvalue weighted by atomic mass is 9.79. The first-order valence-electron chi connectivity index (χ1n) is 8.52. The Labute approximate surface area is 163 Å². The van der Waals surface area contributed by atoms with Gasteiger partial charge in [0.25, 0.3) is 0 Å². The van der Waals surface area contributed by atoms with E-state index in [0.717, 1.165) is 46.0 Å². The third-order valence-electron chi connectivity index (χ3n) is 5.29. The summed E-state index contributed by atoms with van der Waals surface area (Å²) in [5.41, 5.74) is 4.89. The van der Waals surface area contributed by atoms with Gasteiger partial charge in [0.05, 0.1) is 16.7 Å². The fourth-order valence-electron chi connectivity index (χ4n) is 4.09. The zero-order valence-corrected chi connectivity index (χ0v) is 16.8. The Morgan fingerprint density at radius 3 is 1.96 bits per heavy atom. The van der Waals surface area contributed by atoms with E-state index in [-0.39, 0.29) is 5.92 Å². The van der Waals surface area contributed by atoms with Crippen LogP contribution in [-0.2, 0) is 12.8 Å². The van der Waals surface area contributed by atoms with E-state index in [2.05, 4.69) is 49.3 Å². The number of hydrogen-bond donors (Lipinski definition) is 0. The molecule has 0 N–H and O–H groups in total. The molecule has 5 nitrogen and oxygen atoms in total. The maximum Gasteiger partial charge on any atom is 0.0529 e. The van der Waals surface area contributed by atoms with E-state index in [0.29, 0.717) is 19.0 Å². The van der Waals surface area contributed by atoms with Crippen molar-refractivity contribution in [2.24, 2.45) is 11.2 Å². The molecule has 3 heterocycles. The zero-order chi connectivity index (χ0) is 17.4. The molecule has 130 valence electrons. The number of nitrogens with zero attached hydrogens (tertiary/aromatic N) is 4. The molecule has 1 saturated heterocycles. The SMILES string of the molecule is O=NN1CCC(C2c3ncc(Br)cc3CCc3cc(Br)cnc32)CC1. The molecular weight excluding hydrogens is 448 g/mol. The van der Waals surface area contributed by atoms with Crippen LogP contribution in [0.4, 0.5) is 0 Å². The van der Waals surface area contributed by atoms with E-state index < -0.39 is 0 Å². The lowest BCUT2D eigenvalue weighted by Gasteiger charge is -2.33. The van der Waals surface area contributed by atoms with Gasteiger partial charge < -0.3 is 0 Å². The highest BCUT2D eigenvalue weighted by Gasteiger charge is 2.35. The van der Waals surface area contributed by atoms with Gasteiger partial charge in [-0.05, 0) is 86.7 Å². The lowest BCUT2D eigenvalue weighted by Crippen LogP contribution is -2.33. The van der Waals surface area contributed by atoms with Crippen LogP contribution in [-0.4, -0.2) is 28.1 Å². The van der Waals surface area contributed by atoms with Gasteiger partial charge in [-0.2, -0.15) is 0 Å². The highest BCUT2D eigenvalue weighted by atomic mass is 79.9. The predicted molar refractivity (Wildman–Crippen MR) is 103 cm³/mol. The zero-order valence-electron chi connectivity index (χ0n) is 13.7. The van der Waals surface area contributed by atoms with Crippen LogP contribution in [0.25, 0.3) is 0 Å². The molecule has 4 rings (SSSR count). The molecule has 0 aromatic carbocycles. The first kappa shape index (κ1) is 17.1. The van der Waals surface area contributed by atoms with E-state index in [4.69, 9.17) is 9.97 Å². The maximum absolute atomic E-state index is 10.8. The van der Waals surface area contributed by atoms with Gasteiger partial charge in [0.2, 0.25) is 0 Å². The van der Waals surface area contributed by atoms with Gasteiger partial charge in [-0.1, -0.05) is 0 Å². The first-order valence-corrected chi connectivity index (χ1v) is 10.1. The summed E-state index contributed by atoms with van der Waals surface area (Å²) in [6.45, 7) is 1.42. The summed E-state index contributed by atoms with van der Waals surface area (Å²) in [7, 11) is 0. The van der Waals surface area contributed by atoms with Crippen molar-refractivity contribution < 1.29 is 0 Å². The molecule has 0 radical (unpaired) electrons. The van der Waals surface area contributed by atoms with Gasteiger partial charge in [-0.15, -0.1) is 4.91 Å². The average Bonchev–Trinajstić information content (AvgIpc) is 2.78. The molecule has 2 aromatic rings. The Bertz CT molecular complexity index is 752. The molecule has 0 spiro atoms. The second-order valence-electron chi connectivity index (χ2n) is 6.75. The van der Waals surface area contributed by atoms with Gasteiger partial charge in [-0.25, -0.2) is 0 Å². The van der Waals surface area contributed by atoms with E-state index in [1.807, 2.05) is 12.4 Å². The molecule has 2 aliphatic rings. The Hall–Kier alpha value is -1.34. The van der Waals surface area contributed by atoms with Gasteiger partial charge in [0.1, 0.15) is 0 Å². The van der Waals surface area contributed by atoms with Crippen molar-refractivity contribution in [3.05, 3.63) is 60.9 Å². The number of piperidine rings is 1. The molecule has 7 heteroatoms. The molecular formula is C18H18Br2N4O. The van der Waals surface area contributed by atoms with Gasteiger partial charge in [0, 0.05) is 40.3 Å². The molecule has 1 aliphatic carbocycles. The minimum Gasteiger partial charge on any atom is -0.261 e. The minimum absolute atomic E-state index is 0.183. The first-order chi connectivity index (χ1) is 12.2. The Kier molecular flexibility index (Phi) is 4.86. The summed E-state index contributed by atoms with van der Waals surface area (Å²) in [4.78, 5) is 20.4. The van der Waals surface area contributed by atoms with Crippen molar-refractivity contribution in [3.8, 4) is 0 Å². The van der Waals surface area contributed by atoms with E-state index >= 15 is 0 Å². The standard InChI is InChI=1S/C18H18Br2N4O/c19-14-7-12-1-2-13-8-15(20)10-22-18(13)16(17(12)21-9-14)11-3-5-24(23-25)6-4-11/h7-11,16H,1-6H2. The number of halogens is 2. The summed E-state index contributed by atoms with van der Waals surface area (Å²) >= 11 is 7.11. The quantitative estimate of drug-likeness (QED) is 0.607. The van der Waals surface area contributed by atoms with Crippen molar-refractivity contribution in [2.45, 2.75) is 31.6 Å². The normalized spacial score (nSPS) is 18.4. The summed E-state index contributed by atoms with van der Waals surface area (Å²) in [5.74, 6) is 0.610. The maximum atomic E-state index is 10.8. The molecule has 1 fully saturated rings. The molecule has 0 bridgehead atoms. The summed E-state index contributed by atoms with van der Waals surface area (Å²) in [6.07, 6.45) is 7.58. The number of fused-ring (bicyclic) bond motifs is 2. The van der Waals surface area contributed by atoms with Crippen LogP contribution in [0.2, 0.25) is 0 Å². The molecule has 0 atom stereocenters. The van der Waals surface area contributed by atoms with E-state index in [9.17, 15) is 4.91 Å². The van der Waals surface area contributed by atoms with Crippen LogP contribution in [0.1, 0.15) is 41.3 Å². The summed E-state index contributed by atoms with van der Waals surface area (Å²) < 4.78 is 2.04. The molecule has 2 aromatic heterocycles.